The van der Waals surface area contributed by atoms with Crippen LogP contribution in [0.5, 0.6) is 0 Å². The van der Waals surface area contributed by atoms with E-state index < -0.39 is 0 Å². The Hall–Kier alpha value is -2.63. The first kappa shape index (κ1) is 15.9. The first-order chi connectivity index (χ1) is 12.1. The van der Waals surface area contributed by atoms with Crippen LogP contribution < -0.4 is 4.90 Å². The van der Waals surface area contributed by atoms with E-state index >= 15 is 0 Å². The van der Waals surface area contributed by atoms with Gasteiger partial charge in [-0.3, -0.25) is 9.59 Å². The zero-order chi connectivity index (χ0) is 17.4. The Morgan fingerprint density at radius 2 is 2.08 bits per heavy atom. The predicted octanol–water partition coefficient (Wildman–Crippen LogP) is 2.70. The van der Waals surface area contributed by atoms with Crippen LogP contribution in [-0.2, 0) is 9.59 Å². The van der Waals surface area contributed by atoms with Crippen LogP contribution in [0, 0.1) is 12.8 Å². The maximum absolute atomic E-state index is 13.0. The Bertz CT molecular complexity index is 786. The normalized spacial score (nSPS) is 23.5. The van der Waals surface area contributed by atoms with Gasteiger partial charge in [-0.15, -0.1) is 0 Å². The number of aromatic nitrogens is 1. The van der Waals surface area contributed by atoms with E-state index in [1.807, 2.05) is 48.2 Å². The highest BCUT2D eigenvalue weighted by Crippen LogP contribution is 2.35. The number of carbonyl (C=O) groups is 2. The van der Waals surface area contributed by atoms with Gasteiger partial charge in [0.2, 0.25) is 11.8 Å². The van der Waals surface area contributed by atoms with Gasteiger partial charge < -0.3 is 14.3 Å². The van der Waals surface area contributed by atoms with Gasteiger partial charge in [-0.05, 0) is 31.9 Å². The smallest absolute Gasteiger partial charge is 0.228 e. The summed E-state index contributed by atoms with van der Waals surface area (Å²) in [5.74, 6) is 0.523. The van der Waals surface area contributed by atoms with Gasteiger partial charge in [0.25, 0.3) is 0 Å². The molecule has 25 heavy (non-hydrogen) atoms. The second kappa shape index (κ2) is 6.35. The molecule has 2 atom stereocenters. The van der Waals surface area contributed by atoms with Crippen LogP contribution in [-0.4, -0.2) is 35.0 Å². The molecule has 0 spiro atoms. The van der Waals surface area contributed by atoms with Crippen molar-refractivity contribution in [2.24, 2.45) is 5.92 Å². The van der Waals surface area contributed by atoms with E-state index in [-0.39, 0.29) is 30.2 Å². The Kier molecular flexibility index (Phi) is 4.03. The molecule has 3 heterocycles. The molecule has 0 bridgehead atoms. The fraction of sp³-hybridized carbons (Fsp3) is 0.421. The molecule has 0 unspecified atom stereocenters. The quantitative estimate of drug-likeness (QED) is 0.862. The molecule has 0 radical (unpaired) electrons. The maximum Gasteiger partial charge on any atom is 0.228 e. The van der Waals surface area contributed by atoms with Crippen molar-refractivity contribution in [1.29, 1.82) is 0 Å². The van der Waals surface area contributed by atoms with Crippen LogP contribution in [0.3, 0.4) is 0 Å². The molecule has 6 nitrogen and oxygen atoms in total. The van der Waals surface area contributed by atoms with Gasteiger partial charge in [-0.1, -0.05) is 23.4 Å². The molecule has 130 valence electrons. The fourth-order valence-electron chi connectivity index (χ4n) is 3.85. The standard InChI is InChI=1S/C19H21N3O3/c1-13-10-16(20-25-13)17-8-5-9-21(17)19(24)14-11-18(23)22(12-14)15-6-3-2-4-7-15/h2-4,6-7,10,14,17H,5,8-9,11-12H2,1H3/t14-,17+/m1/s1. The van der Waals surface area contributed by atoms with Gasteiger partial charge in [0.1, 0.15) is 11.5 Å². The number of nitrogens with zero attached hydrogens (tertiary/aromatic N) is 3. The zero-order valence-electron chi connectivity index (χ0n) is 14.2. The van der Waals surface area contributed by atoms with Crippen LogP contribution in [0.25, 0.3) is 0 Å². The molecule has 1 aromatic carbocycles. The number of rotatable bonds is 3. The van der Waals surface area contributed by atoms with Gasteiger partial charge >= 0.3 is 0 Å². The van der Waals surface area contributed by atoms with Crippen LogP contribution in [0.1, 0.15) is 36.8 Å². The Morgan fingerprint density at radius 1 is 1.28 bits per heavy atom. The van der Waals surface area contributed by atoms with Crippen LogP contribution >= 0.6 is 0 Å². The van der Waals surface area contributed by atoms with Crippen LogP contribution in [0.15, 0.2) is 40.9 Å². The van der Waals surface area contributed by atoms with Crippen molar-refractivity contribution in [2.45, 2.75) is 32.2 Å². The summed E-state index contributed by atoms with van der Waals surface area (Å²) >= 11 is 0. The molecular weight excluding hydrogens is 318 g/mol. The summed E-state index contributed by atoms with van der Waals surface area (Å²) in [5, 5.41) is 4.09. The molecule has 0 N–H and O–H groups in total. The van der Waals surface area contributed by atoms with E-state index in [4.69, 9.17) is 4.52 Å². The Morgan fingerprint density at radius 3 is 2.80 bits per heavy atom. The van der Waals surface area contributed by atoms with E-state index in [0.717, 1.165) is 30.0 Å². The maximum atomic E-state index is 13.0. The lowest BCUT2D eigenvalue weighted by Crippen LogP contribution is -2.37. The molecule has 2 aromatic rings. The predicted molar refractivity (Wildman–Crippen MR) is 91.8 cm³/mol. The average molecular weight is 339 g/mol. The number of anilines is 1. The van der Waals surface area contributed by atoms with E-state index in [0.29, 0.717) is 13.1 Å². The monoisotopic (exact) mass is 339 g/mol. The SMILES string of the molecule is Cc1cc([C@@H]2CCCN2C(=O)[C@@H]2CC(=O)N(c3ccccc3)C2)no1. The third kappa shape index (κ3) is 2.92. The van der Waals surface area contributed by atoms with Gasteiger partial charge in [0.05, 0.1) is 12.0 Å². The second-order valence-electron chi connectivity index (χ2n) is 6.79. The van der Waals surface area contributed by atoms with Crippen LogP contribution in [0.4, 0.5) is 5.69 Å². The lowest BCUT2D eigenvalue weighted by Gasteiger charge is -2.26. The summed E-state index contributed by atoms with van der Waals surface area (Å²) in [6.07, 6.45) is 2.11. The summed E-state index contributed by atoms with van der Waals surface area (Å²) in [5.41, 5.74) is 1.67. The third-order valence-corrected chi connectivity index (χ3v) is 5.07. The molecular formula is C19H21N3O3. The summed E-state index contributed by atoms with van der Waals surface area (Å²) in [4.78, 5) is 29.0. The molecule has 2 saturated heterocycles. The minimum atomic E-state index is -0.290. The van der Waals surface area contributed by atoms with Crippen molar-refractivity contribution in [3.63, 3.8) is 0 Å². The number of carbonyl (C=O) groups excluding carboxylic acids is 2. The molecule has 2 aliphatic heterocycles. The number of hydrogen-bond acceptors (Lipinski definition) is 4. The first-order valence-electron chi connectivity index (χ1n) is 8.72. The van der Waals surface area contributed by atoms with Gasteiger partial charge in [0.15, 0.2) is 0 Å². The number of aryl methyl sites for hydroxylation is 1. The molecule has 4 rings (SSSR count). The molecule has 2 aliphatic rings. The average Bonchev–Trinajstić information content (AvgIpc) is 3.34. The zero-order valence-corrected chi connectivity index (χ0v) is 14.2. The van der Waals surface area contributed by atoms with Crippen molar-refractivity contribution < 1.29 is 14.1 Å². The number of benzene rings is 1. The Balaban J connectivity index is 1.50. The lowest BCUT2D eigenvalue weighted by atomic mass is 10.1. The van der Waals surface area contributed by atoms with Crippen molar-refractivity contribution in [3.8, 4) is 0 Å². The highest BCUT2D eigenvalue weighted by Gasteiger charge is 2.41. The second-order valence-corrected chi connectivity index (χ2v) is 6.79. The highest BCUT2D eigenvalue weighted by atomic mass is 16.5. The lowest BCUT2D eigenvalue weighted by molar-refractivity contribution is -0.136. The van der Waals surface area contributed by atoms with Gasteiger partial charge in [0, 0.05) is 31.3 Å². The summed E-state index contributed by atoms with van der Waals surface area (Å²) < 4.78 is 5.17. The molecule has 2 fully saturated rings. The van der Waals surface area contributed by atoms with Gasteiger partial charge in [-0.2, -0.15) is 0 Å². The van der Waals surface area contributed by atoms with E-state index in [9.17, 15) is 9.59 Å². The third-order valence-electron chi connectivity index (χ3n) is 5.07. The van der Waals surface area contributed by atoms with Crippen molar-refractivity contribution in [3.05, 3.63) is 47.9 Å². The van der Waals surface area contributed by atoms with Crippen molar-refractivity contribution in [1.82, 2.24) is 10.1 Å². The summed E-state index contributed by atoms with van der Waals surface area (Å²) in [6, 6.07) is 11.4. The minimum Gasteiger partial charge on any atom is -0.361 e. The highest BCUT2D eigenvalue weighted by molar-refractivity contribution is 6.00. The molecule has 2 amide bonds. The van der Waals surface area contributed by atoms with Gasteiger partial charge in [-0.25, -0.2) is 0 Å². The number of amides is 2. The van der Waals surface area contributed by atoms with Crippen molar-refractivity contribution in [2.75, 3.05) is 18.0 Å². The number of likely N-dealkylation sites (tertiary alicyclic amines) is 1. The van der Waals surface area contributed by atoms with Crippen molar-refractivity contribution >= 4 is 17.5 Å². The fourth-order valence-corrected chi connectivity index (χ4v) is 3.85. The van der Waals surface area contributed by atoms with E-state index in [2.05, 4.69) is 5.16 Å². The minimum absolute atomic E-state index is 0.0116. The topological polar surface area (TPSA) is 66.7 Å². The van der Waals surface area contributed by atoms with E-state index in [1.165, 1.54) is 0 Å². The van der Waals surface area contributed by atoms with E-state index in [1.54, 1.807) is 4.90 Å². The molecule has 0 aliphatic carbocycles. The molecule has 6 heteroatoms. The summed E-state index contributed by atoms with van der Waals surface area (Å²) in [7, 11) is 0. The largest absolute Gasteiger partial charge is 0.361 e. The number of para-hydroxylation sites is 1. The Labute approximate surface area is 146 Å². The summed E-state index contributed by atoms with van der Waals surface area (Å²) in [6.45, 7) is 3.01. The number of hydrogen-bond donors (Lipinski definition) is 0. The first-order valence-corrected chi connectivity index (χ1v) is 8.72. The van der Waals surface area contributed by atoms with Crippen LogP contribution in [0.2, 0.25) is 0 Å². The molecule has 0 saturated carbocycles. The molecule has 1 aromatic heterocycles.